The summed E-state index contributed by atoms with van der Waals surface area (Å²) >= 11 is 3.65. The third-order valence-electron chi connectivity index (χ3n) is 1.80. The van der Waals surface area contributed by atoms with Crippen molar-refractivity contribution >= 4 is 28.2 Å². The molecule has 0 saturated heterocycles. The molecule has 3 nitrogen and oxygen atoms in total. The Kier molecular flexibility index (Phi) is 5.48. The Labute approximate surface area is 85.2 Å². The predicted molar refractivity (Wildman–Crippen MR) is 61.5 cm³/mol. The molecule has 0 spiro atoms. The fraction of sp³-hybridized carbons (Fsp3) is 1.00. The van der Waals surface area contributed by atoms with E-state index in [1.165, 1.54) is 0 Å². The minimum atomic E-state index is 0.350. The molecule has 0 amide bonds. The second kappa shape index (κ2) is 5.27. The third kappa shape index (κ3) is 3.47. The molecule has 0 bridgehead atoms. The Morgan fingerprint density at radius 1 is 0.750 bits per heavy atom. The van der Waals surface area contributed by atoms with E-state index < -0.39 is 0 Å². The average molecular weight is 234 g/mol. The number of halogens is 1. The van der Waals surface area contributed by atoms with Gasteiger partial charge in [0.1, 0.15) is 0 Å². The molecule has 0 aliphatic rings. The van der Waals surface area contributed by atoms with Gasteiger partial charge in [-0.2, -0.15) is 0 Å². The zero-order valence-electron chi connectivity index (χ0n) is 8.87. The summed E-state index contributed by atoms with van der Waals surface area (Å²) < 4.78 is 0. The van der Waals surface area contributed by atoms with Crippen LogP contribution in [0.4, 0.5) is 0 Å². The van der Waals surface area contributed by atoms with E-state index in [-0.39, 0.29) is 0 Å². The van der Waals surface area contributed by atoms with E-state index in [1.54, 1.807) is 0 Å². The van der Waals surface area contributed by atoms with Gasteiger partial charge < -0.3 is 14.4 Å². The molecule has 0 aliphatic carbocycles. The normalized spacial score (nSPS) is 11.5. The van der Waals surface area contributed by atoms with Gasteiger partial charge in [-0.25, -0.2) is 0 Å². The van der Waals surface area contributed by atoms with Gasteiger partial charge in [0, 0.05) is 0 Å². The first kappa shape index (κ1) is 12.5. The van der Waals surface area contributed by atoms with Gasteiger partial charge in [0.05, 0.1) is 0 Å². The SMILES string of the molecule is CN(C)B(Br)B(N(C)C)N(C)C. The van der Waals surface area contributed by atoms with Crippen LogP contribution in [0.5, 0.6) is 0 Å². The Hall–Kier alpha value is 0.490. The van der Waals surface area contributed by atoms with Crippen molar-refractivity contribution in [2.45, 2.75) is 0 Å². The van der Waals surface area contributed by atoms with Gasteiger partial charge in [-0.15, -0.1) is 15.8 Å². The van der Waals surface area contributed by atoms with Gasteiger partial charge in [0.2, 0.25) is 0 Å². The van der Waals surface area contributed by atoms with Crippen molar-refractivity contribution in [2.75, 3.05) is 42.3 Å². The Bertz CT molecular complexity index is 124. The van der Waals surface area contributed by atoms with Crippen molar-refractivity contribution < 1.29 is 0 Å². The Morgan fingerprint density at radius 2 is 1.08 bits per heavy atom. The van der Waals surface area contributed by atoms with Crippen molar-refractivity contribution in [3.63, 3.8) is 0 Å². The van der Waals surface area contributed by atoms with Gasteiger partial charge in [0.25, 0.3) is 0 Å². The second-order valence-corrected chi connectivity index (χ2v) is 4.62. The maximum Gasteiger partial charge on any atom is 0.307 e. The highest BCUT2D eigenvalue weighted by Crippen LogP contribution is 2.06. The summed E-state index contributed by atoms with van der Waals surface area (Å²) in [5, 5.41) is 0. The fourth-order valence-corrected chi connectivity index (χ4v) is 2.17. The van der Waals surface area contributed by atoms with Gasteiger partial charge in [-0.3, -0.25) is 0 Å². The number of hydrogen-bond acceptors (Lipinski definition) is 3. The summed E-state index contributed by atoms with van der Waals surface area (Å²) in [4.78, 5) is 6.55. The minimum Gasteiger partial charge on any atom is -0.341 e. The number of nitrogens with zero attached hydrogens (tertiary/aromatic N) is 3. The van der Waals surface area contributed by atoms with Crippen LogP contribution in [0.25, 0.3) is 0 Å². The van der Waals surface area contributed by atoms with Crippen LogP contribution in [0.1, 0.15) is 0 Å². The smallest absolute Gasteiger partial charge is 0.307 e. The van der Waals surface area contributed by atoms with Crippen LogP contribution in [0.2, 0.25) is 0 Å². The Morgan fingerprint density at radius 3 is 1.17 bits per heavy atom. The second-order valence-electron chi connectivity index (χ2n) is 3.68. The molecule has 70 valence electrons. The molecule has 6 heteroatoms. The molecule has 0 aromatic carbocycles. The summed E-state index contributed by atoms with van der Waals surface area (Å²) in [6, 6.07) is 0. The quantitative estimate of drug-likeness (QED) is 0.639. The molecule has 0 unspecified atom stereocenters. The molecule has 0 aromatic heterocycles. The molecule has 0 rings (SSSR count). The van der Waals surface area contributed by atoms with E-state index in [0.29, 0.717) is 12.4 Å². The fourth-order valence-electron chi connectivity index (χ4n) is 1.22. The van der Waals surface area contributed by atoms with Crippen molar-refractivity contribution in [3.05, 3.63) is 0 Å². The lowest BCUT2D eigenvalue weighted by atomic mass is 9.41. The first-order valence-corrected chi connectivity index (χ1v) is 4.93. The van der Waals surface area contributed by atoms with Gasteiger partial charge in [-0.1, -0.05) is 0 Å². The highest BCUT2D eigenvalue weighted by atomic mass is 79.9. The lowest BCUT2D eigenvalue weighted by Gasteiger charge is -2.31. The van der Waals surface area contributed by atoms with Gasteiger partial charge in [-0.05, 0) is 42.3 Å². The summed E-state index contributed by atoms with van der Waals surface area (Å²) in [6.07, 6.45) is 0. The lowest BCUT2D eigenvalue weighted by molar-refractivity contribution is 0.529. The van der Waals surface area contributed by atoms with Crippen LogP contribution in [0.3, 0.4) is 0 Å². The molecule has 12 heavy (non-hydrogen) atoms. The maximum atomic E-state index is 3.65. The standard InChI is InChI=1S/C6H18B2BrN3/c1-10(2)7(9)8(11(3)4)12(5)6/h1-6H3. The van der Waals surface area contributed by atoms with E-state index in [9.17, 15) is 0 Å². The molecule has 0 atom stereocenters. The summed E-state index contributed by atoms with van der Waals surface area (Å²) in [6.45, 7) is 0.389. The van der Waals surface area contributed by atoms with Gasteiger partial charge in [0.15, 0.2) is 0 Å². The average Bonchev–Trinajstić information content (AvgIpc) is 1.85. The van der Waals surface area contributed by atoms with Crippen molar-refractivity contribution in [1.82, 2.24) is 14.4 Å². The van der Waals surface area contributed by atoms with Crippen LogP contribution in [0, 0.1) is 0 Å². The number of hydrogen-bond donors (Lipinski definition) is 0. The van der Waals surface area contributed by atoms with E-state index in [2.05, 4.69) is 72.5 Å². The van der Waals surface area contributed by atoms with Crippen LogP contribution in [-0.4, -0.2) is 69.2 Å². The van der Waals surface area contributed by atoms with Crippen molar-refractivity contribution in [3.8, 4) is 0 Å². The summed E-state index contributed by atoms with van der Waals surface area (Å²) in [7, 11) is 12.5. The molecule has 0 aliphatic heterocycles. The van der Waals surface area contributed by atoms with Gasteiger partial charge >= 0.3 is 12.4 Å². The Balaban J connectivity index is 4.30. The highest BCUT2D eigenvalue weighted by molar-refractivity contribution is 9.26. The van der Waals surface area contributed by atoms with Crippen LogP contribution in [-0.2, 0) is 0 Å². The summed E-state index contributed by atoms with van der Waals surface area (Å²) in [5.74, 6) is 0. The molecule has 0 aromatic rings. The zero-order chi connectivity index (χ0) is 9.89. The zero-order valence-corrected chi connectivity index (χ0v) is 10.5. The number of rotatable bonds is 4. The predicted octanol–water partition coefficient (Wildman–Crippen LogP) is 0.121. The molecule has 0 heterocycles. The van der Waals surface area contributed by atoms with E-state index in [4.69, 9.17) is 0 Å². The van der Waals surface area contributed by atoms with E-state index in [0.717, 1.165) is 0 Å². The monoisotopic (exact) mass is 233 g/mol. The highest BCUT2D eigenvalue weighted by Gasteiger charge is 2.34. The van der Waals surface area contributed by atoms with Crippen LogP contribution >= 0.6 is 15.8 Å². The molecular formula is C6H18B2BrN3. The topological polar surface area (TPSA) is 9.72 Å². The first-order valence-electron chi connectivity index (χ1n) is 4.01. The third-order valence-corrected chi connectivity index (χ3v) is 3.09. The lowest BCUT2D eigenvalue weighted by Crippen LogP contribution is -2.59. The van der Waals surface area contributed by atoms with Crippen LogP contribution in [0.15, 0.2) is 0 Å². The van der Waals surface area contributed by atoms with E-state index in [1.807, 2.05) is 0 Å². The minimum absolute atomic E-state index is 0.350. The molecule has 0 fully saturated rings. The largest absolute Gasteiger partial charge is 0.341 e. The molecule has 0 radical (unpaired) electrons. The van der Waals surface area contributed by atoms with E-state index >= 15 is 0 Å². The van der Waals surface area contributed by atoms with Crippen molar-refractivity contribution in [1.29, 1.82) is 0 Å². The van der Waals surface area contributed by atoms with Crippen molar-refractivity contribution in [2.24, 2.45) is 0 Å². The molecule has 0 N–H and O–H groups in total. The maximum absolute atomic E-state index is 3.65. The summed E-state index contributed by atoms with van der Waals surface area (Å²) in [5.41, 5.74) is 0.350. The molecular weight excluding hydrogens is 216 g/mol. The molecule has 0 saturated carbocycles. The first-order chi connectivity index (χ1) is 5.37. The van der Waals surface area contributed by atoms with Crippen LogP contribution < -0.4 is 0 Å².